The number of nitrogens with zero attached hydrogens (tertiary/aromatic N) is 2. The van der Waals surface area contributed by atoms with Gasteiger partial charge in [-0.3, -0.25) is 9.69 Å². The first-order valence-corrected chi connectivity index (χ1v) is 9.38. The van der Waals surface area contributed by atoms with Gasteiger partial charge in [0.05, 0.1) is 5.56 Å². The number of carbonyl (C=O) groups excluding carboxylic acids is 1. The number of benzene rings is 1. The Morgan fingerprint density at radius 1 is 1.15 bits per heavy atom. The van der Waals surface area contributed by atoms with Crippen LogP contribution in [0.25, 0.3) is 0 Å². The fourth-order valence-corrected chi connectivity index (χ4v) is 4.06. The minimum atomic E-state index is -0.802. The molecule has 0 aromatic heterocycles. The molecule has 5 nitrogen and oxygen atoms in total. The monoisotopic (exact) mass is 367 g/mol. The number of amides is 1. The molecule has 144 valence electrons. The minimum Gasteiger partial charge on any atom is -0.381 e. The highest BCUT2D eigenvalue weighted by molar-refractivity contribution is 5.94. The molecule has 2 aliphatic rings. The molecule has 7 heteroatoms. The van der Waals surface area contributed by atoms with Crippen molar-refractivity contribution in [2.75, 3.05) is 39.4 Å². The van der Waals surface area contributed by atoms with Gasteiger partial charge in [-0.15, -0.1) is 0 Å². The van der Waals surface area contributed by atoms with Gasteiger partial charge in [0.15, 0.2) is 0 Å². The molecule has 26 heavy (non-hydrogen) atoms. The molecular formula is C19H27F2N3O2. The van der Waals surface area contributed by atoms with Gasteiger partial charge in [0.1, 0.15) is 11.6 Å². The first-order valence-electron chi connectivity index (χ1n) is 9.38. The van der Waals surface area contributed by atoms with Crippen molar-refractivity contribution in [3.8, 4) is 0 Å². The number of piperidine rings is 1. The lowest BCUT2D eigenvalue weighted by Crippen LogP contribution is -2.52. The molecule has 2 heterocycles. The van der Waals surface area contributed by atoms with Gasteiger partial charge in [-0.05, 0) is 37.8 Å². The summed E-state index contributed by atoms with van der Waals surface area (Å²) in [5.41, 5.74) is 5.75. The Labute approximate surface area is 153 Å². The highest BCUT2D eigenvalue weighted by atomic mass is 19.1. The smallest absolute Gasteiger partial charge is 0.256 e. The number of carbonyl (C=O) groups is 1. The SMILES string of the molecule is NCCN(C1CCOCC1)C1CCN(C(=O)c2ccc(F)cc2F)CC1. The first kappa shape index (κ1) is 19.2. The van der Waals surface area contributed by atoms with E-state index in [0.29, 0.717) is 31.7 Å². The van der Waals surface area contributed by atoms with Gasteiger partial charge in [0, 0.05) is 57.5 Å². The molecule has 0 bridgehead atoms. The van der Waals surface area contributed by atoms with E-state index in [9.17, 15) is 13.6 Å². The van der Waals surface area contributed by atoms with Crippen molar-refractivity contribution >= 4 is 5.91 Å². The van der Waals surface area contributed by atoms with Gasteiger partial charge in [0.25, 0.3) is 5.91 Å². The highest BCUT2D eigenvalue weighted by Crippen LogP contribution is 2.24. The average molecular weight is 367 g/mol. The molecule has 2 N–H and O–H groups in total. The molecule has 2 fully saturated rings. The topological polar surface area (TPSA) is 58.8 Å². The third kappa shape index (κ3) is 4.39. The van der Waals surface area contributed by atoms with Crippen LogP contribution in [0.2, 0.25) is 0 Å². The lowest BCUT2D eigenvalue weighted by Gasteiger charge is -2.43. The van der Waals surface area contributed by atoms with Gasteiger partial charge in [-0.25, -0.2) is 8.78 Å². The third-order valence-electron chi connectivity index (χ3n) is 5.43. The number of halogens is 2. The van der Waals surface area contributed by atoms with E-state index in [1.54, 1.807) is 4.90 Å². The van der Waals surface area contributed by atoms with Crippen LogP contribution in [0.4, 0.5) is 8.78 Å². The van der Waals surface area contributed by atoms with E-state index < -0.39 is 11.6 Å². The van der Waals surface area contributed by atoms with E-state index in [1.807, 2.05) is 0 Å². The van der Waals surface area contributed by atoms with E-state index in [1.165, 1.54) is 6.07 Å². The van der Waals surface area contributed by atoms with Gasteiger partial charge in [-0.1, -0.05) is 0 Å². The third-order valence-corrected chi connectivity index (χ3v) is 5.43. The zero-order valence-electron chi connectivity index (χ0n) is 15.0. The van der Waals surface area contributed by atoms with Crippen molar-refractivity contribution in [3.05, 3.63) is 35.4 Å². The van der Waals surface area contributed by atoms with Gasteiger partial charge in [-0.2, -0.15) is 0 Å². The number of hydrogen-bond acceptors (Lipinski definition) is 4. The van der Waals surface area contributed by atoms with Crippen molar-refractivity contribution in [2.24, 2.45) is 5.73 Å². The lowest BCUT2D eigenvalue weighted by molar-refractivity contribution is 0.00412. The summed E-state index contributed by atoms with van der Waals surface area (Å²) < 4.78 is 32.4. The fourth-order valence-electron chi connectivity index (χ4n) is 4.06. The molecule has 0 saturated carbocycles. The lowest BCUT2D eigenvalue weighted by atomic mass is 9.97. The molecule has 1 aromatic carbocycles. The van der Waals surface area contributed by atoms with E-state index in [0.717, 1.165) is 57.6 Å². The number of ether oxygens (including phenoxy) is 1. The van der Waals surface area contributed by atoms with Crippen molar-refractivity contribution in [2.45, 2.75) is 37.8 Å². The van der Waals surface area contributed by atoms with Crippen molar-refractivity contribution in [3.63, 3.8) is 0 Å². The number of nitrogens with two attached hydrogens (primary N) is 1. The summed E-state index contributed by atoms with van der Waals surface area (Å²) in [6.07, 6.45) is 3.71. The van der Waals surface area contributed by atoms with Crippen molar-refractivity contribution in [1.82, 2.24) is 9.80 Å². The Bertz CT molecular complexity index is 615. The summed E-state index contributed by atoms with van der Waals surface area (Å²) in [5, 5.41) is 0. The van der Waals surface area contributed by atoms with E-state index in [4.69, 9.17) is 10.5 Å². The molecule has 2 aliphatic heterocycles. The van der Waals surface area contributed by atoms with E-state index in [2.05, 4.69) is 4.90 Å². The van der Waals surface area contributed by atoms with Crippen LogP contribution in [0.3, 0.4) is 0 Å². The summed E-state index contributed by atoms with van der Waals surface area (Å²) in [6.45, 7) is 4.17. The Kier molecular flexibility index (Phi) is 6.56. The highest BCUT2D eigenvalue weighted by Gasteiger charge is 2.32. The quantitative estimate of drug-likeness (QED) is 0.865. The first-order chi connectivity index (χ1) is 12.6. The standard InChI is InChI=1S/C19H27F2N3O2/c20-14-1-2-17(18(21)13-14)19(25)23-8-3-15(4-9-23)24(10-7-22)16-5-11-26-12-6-16/h1-2,13,15-16H,3-12,22H2. The maximum Gasteiger partial charge on any atom is 0.256 e. The van der Waals surface area contributed by atoms with Crippen LogP contribution < -0.4 is 5.73 Å². The van der Waals surface area contributed by atoms with E-state index >= 15 is 0 Å². The maximum atomic E-state index is 13.9. The van der Waals surface area contributed by atoms with Gasteiger partial charge in [0.2, 0.25) is 0 Å². The summed E-state index contributed by atoms with van der Waals surface area (Å²) in [5.74, 6) is -1.84. The maximum absolute atomic E-state index is 13.9. The normalized spacial score (nSPS) is 19.9. The molecule has 0 unspecified atom stereocenters. The predicted octanol–water partition coefficient (Wildman–Crippen LogP) is 2.01. The summed E-state index contributed by atoms with van der Waals surface area (Å²) >= 11 is 0. The van der Waals surface area contributed by atoms with Crippen LogP contribution in [0.1, 0.15) is 36.0 Å². The largest absolute Gasteiger partial charge is 0.381 e. The molecule has 0 spiro atoms. The fraction of sp³-hybridized carbons (Fsp3) is 0.632. The van der Waals surface area contributed by atoms with Crippen LogP contribution >= 0.6 is 0 Å². The second kappa shape index (κ2) is 8.88. The number of likely N-dealkylation sites (tertiary alicyclic amines) is 1. The number of rotatable bonds is 5. The summed E-state index contributed by atoms with van der Waals surface area (Å²) in [4.78, 5) is 16.7. The molecule has 2 saturated heterocycles. The predicted molar refractivity (Wildman–Crippen MR) is 94.9 cm³/mol. The second-order valence-corrected chi connectivity index (χ2v) is 7.02. The Morgan fingerprint density at radius 3 is 2.42 bits per heavy atom. The zero-order chi connectivity index (χ0) is 18.5. The molecule has 0 atom stereocenters. The Morgan fingerprint density at radius 2 is 1.81 bits per heavy atom. The molecule has 1 amide bonds. The Balaban J connectivity index is 1.61. The Hall–Kier alpha value is -1.57. The molecule has 0 radical (unpaired) electrons. The summed E-state index contributed by atoms with van der Waals surface area (Å²) in [7, 11) is 0. The van der Waals surface area contributed by atoms with Crippen molar-refractivity contribution < 1.29 is 18.3 Å². The average Bonchev–Trinajstić information content (AvgIpc) is 2.66. The van der Waals surface area contributed by atoms with Crippen LogP contribution in [0.5, 0.6) is 0 Å². The van der Waals surface area contributed by atoms with Crippen LogP contribution in [0, 0.1) is 11.6 Å². The van der Waals surface area contributed by atoms with Crippen LogP contribution in [-0.4, -0.2) is 67.2 Å². The van der Waals surface area contributed by atoms with Gasteiger partial charge >= 0.3 is 0 Å². The van der Waals surface area contributed by atoms with Crippen LogP contribution in [0.15, 0.2) is 18.2 Å². The molecule has 1 aromatic rings. The van der Waals surface area contributed by atoms with Gasteiger partial charge < -0.3 is 15.4 Å². The van der Waals surface area contributed by atoms with Crippen LogP contribution in [-0.2, 0) is 4.74 Å². The molecule has 0 aliphatic carbocycles. The van der Waals surface area contributed by atoms with E-state index in [-0.39, 0.29) is 11.5 Å². The molecular weight excluding hydrogens is 340 g/mol. The summed E-state index contributed by atoms with van der Waals surface area (Å²) in [6, 6.07) is 3.96. The molecule has 3 rings (SSSR count). The zero-order valence-corrected chi connectivity index (χ0v) is 15.0. The van der Waals surface area contributed by atoms with Crippen molar-refractivity contribution in [1.29, 1.82) is 0 Å². The number of hydrogen-bond donors (Lipinski definition) is 1. The minimum absolute atomic E-state index is 0.0620. The second-order valence-electron chi connectivity index (χ2n) is 7.02.